The molecule has 1 aliphatic carbocycles. The molecule has 3 heterocycles. The van der Waals surface area contributed by atoms with E-state index in [2.05, 4.69) is 58.0 Å². The molecular formula is C27H29N5OS. The van der Waals surface area contributed by atoms with E-state index in [1.807, 2.05) is 41.4 Å². The van der Waals surface area contributed by atoms with Gasteiger partial charge in [-0.2, -0.15) is 5.26 Å². The lowest BCUT2D eigenvalue weighted by atomic mass is 9.79. The van der Waals surface area contributed by atoms with Gasteiger partial charge in [0.2, 0.25) is 0 Å². The first-order chi connectivity index (χ1) is 16.4. The molecule has 1 aliphatic rings. The molecular weight excluding hydrogens is 442 g/mol. The summed E-state index contributed by atoms with van der Waals surface area (Å²) in [4.78, 5) is 13.6. The number of pyridine rings is 1. The molecule has 0 fully saturated rings. The van der Waals surface area contributed by atoms with E-state index in [-0.39, 0.29) is 0 Å². The molecule has 0 amide bonds. The van der Waals surface area contributed by atoms with Crippen molar-refractivity contribution < 1.29 is 4.74 Å². The van der Waals surface area contributed by atoms with Gasteiger partial charge in [-0.15, -0.1) is 0 Å². The zero-order valence-corrected chi connectivity index (χ0v) is 20.7. The topological polar surface area (TPSA) is 76.6 Å². The third kappa shape index (κ3) is 4.31. The molecule has 3 aromatic heterocycles. The molecule has 0 bridgehead atoms. The van der Waals surface area contributed by atoms with Gasteiger partial charge in [0, 0.05) is 35.3 Å². The second kappa shape index (κ2) is 8.86. The van der Waals surface area contributed by atoms with Crippen molar-refractivity contribution >= 4 is 21.1 Å². The minimum absolute atomic E-state index is 0.462. The number of ether oxygens (including phenoxy) is 1. The molecule has 0 N–H and O–H groups in total. The van der Waals surface area contributed by atoms with Gasteiger partial charge in [0.25, 0.3) is 0 Å². The van der Waals surface area contributed by atoms with Crippen LogP contribution in [-0.4, -0.2) is 50.6 Å². The number of rotatable bonds is 7. The Morgan fingerprint density at radius 2 is 1.85 bits per heavy atom. The molecule has 0 saturated carbocycles. The van der Waals surface area contributed by atoms with Crippen molar-refractivity contribution in [2.75, 3.05) is 31.1 Å². The number of nitriles is 1. The van der Waals surface area contributed by atoms with Crippen LogP contribution in [0.5, 0.6) is 0 Å². The highest BCUT2D eigenvalue weighted by molar-refractivity contribution is 8.32. The van der Waals surface area contributed by atoms with Crippen molar-refractivity contribution in [1.29, 1.82) is 5.26 Å². The Bertz CT molecular complexity index is 1360. The van der Waals surface area contributed by atoms with Crippen LogP contribution < -0.4 is 0 Å². The van der Waals surface area contributed by atoms with Crippen LogP contribution in [0.1, 0.15) is 16.7 Å². The first kappa shape index (κ1) is 22.6. The first-order valence-electron chi connectivity index (χ1n) is 11.4. The van der Waals surface area contributed by atoms with Gasteiger partial charge in [0.15, 0.2) is 0 Å². The zero-order valence-electron chi connectivity index (χ0n) is 19.9. The van der Waals surface area contributed by atoms with Gasteiger partial charge in [-0.05, 0) is 60.4 Å². The molecule has 0 radical (unpaired) electrons. The standard InChI is InChI=1S/C27H29N5OS/c1-34(2,3)11-10-33-19-32-9-8-24-25(30-18-31-26(24)32)22-12-23(16-29-15-22)27(17-28)13-20-6-4-5-7-21(20)14-27/h4-9,12,15-16,18H,10-11,13-14,19H2,1-3H3. The maximum atomic E-state index is 10.2. The van der Waals surface area contributed by atoms with Crippen LogP contribution in [0.4, 0.5) is 0 Å². The van der Waals surface area contributed by atoms with Gasteiger partial charge in [0.1, 0.15) is 18.7 Å². The van der Waals surface area contributed by atoms with E-state index >= 15 is 0 Å². The van der Waals surface area contributed by atoms with Crippen molar-refractivity contribution in [2.45, 2.75) is 25.0 Å². The monoisotopic (exact) mass is 471 g/mol. The van der Waals surface area contributed by atoms with E-state index in [0.29, 0.717) is 19.6 Å². The largest absolute Gasteiger partial charge is 0.360 e. The van der Waals surface area contributed by atoms with Crippen LogP contribution in [0, 0.1) is 11.3 Å². The molecule has 34 heavy (non-hydrogen) atoms. The fourth-order valence-corrected chi connectivity index (χ4v) is 5.22. The third-order valence-corrected chi connectivity index (χ3v) is 7.90. The Morgan fingerprint density at radius 3 is 2.56 bits per heavy atom. The molecule has 0 spiro atoms. The SMILES string of the molecule is CS(C)(C)CCOCn1ccc2c(-c3cncc(C4(C#N)Cc5ccccc5C4)c3)ncnc21. The minimum Gasteiger partial charge on any atom is -0.360 e. The van der Waals surface area contributed by atoms with Gasteiger partial charge < -0.3 is 9.30 Å². The maximum absolute atomic E-state index is 10.2. The van der Waals surface area contributed by atoms with Crippen LogP contribution in [-0.2, 0) is 29.7 Å². The quantitative estimate of drug-likeness (QED) is 0.365. The van der Waals surface area contributed by atoms with E-state index in [9.17, 15) is 5.26 Å². The second-order valence-electron chi connectivity index (χ2n) is 9.86. The summed E-state index contributed by atoms with van der Waals surface area (Å²) >= 11 is 0. The Morgan fingerprint density at radius 1 is 1.09 bits per heavy atom. The van der Waals surface area contributed by atoms with Crippen LogP contribution >= 0.6 is 10.0 Å². The van der Waals surface area contributed by atoms with Crippen LogP contribution in [0.25, 0.3) is 22.3 Å². The van der Waals surface area contributed by atoms with Gasteiger partial charge in [0.05, 0.1) is 23.8 Å². The Balaban J connectivity index is 1.44. The normalized spacial score (nSPS) is 15.2. The Labute approximate surface area is 202 Å². The van der Waals surface area contributed by atoms with Crippen LogP contribution in [0.3, 0.4) is 0 Å². The molecule has 7 heteroatoms. The van der Waals surface area contributed by atoms with Crippen molar-refractivity contribution in [3.63, 3.8) is 0 Å². The second-order valence-corrected chi connectivity index (χ2v) is 14.4. The highest BCUT2D eigenvalue weighted by Crippen LogP contribution is 2.40. The summed E-state index contributed by atoms with van der Waals surface area (Å²) < 4.78 is 7.94. The molecule has 5 rings (SSSR count). The summed E-state index contributed by atoms with van der Waals surface area (Å²) in [5, 5.41) is 11.2. The summed E-state index contributed by atoms with van der Waals surface area (Å²) in [6.07, 6.45) is 15.5. The number of hydrogen-bond donors (Lipinski definition) is 0. The number of benzene rings is 1. The molecule has 0 aliphatic heterocycles. The number of hydrogen-bond acceptors (Lipinski definition) is 5. The molecule has 4 aromatic rings. The maximum Gasteiger partial charge on any atom is 0.145 e. The summed E-state index contributed by atoms with van der Waals surface area (Å²) in [5.74, 6) is 1.08. The molecule has 174 valence electrons. The Hall–Kier alpha value is -3.21. The average Bonchev–Trinajstić information content (AvgIpc) is 3.43. The summed E-state index contributed by atoms with van der Waals surface area (Å²) in [7, 11) is -0.576. The lowest BCUT2D eigenvalue weighted by Gasteiger charge is -2.24. The molecule has 0 saturated heterocycles. The van der Waals surface area contributed by atoms with Crippen molar-refractivity contribution in [1.82, 2.24) is 19.5 Å². The average molecular weight is 472 g/mol. The molecule has 0 atom stereocenters. The summed E-state index contributed by atoms with van der Waals surface area (Å²) in [5.41, 5.74) is 5.36. The molecule has 1 aromatic carbocycles. The highest BCUT2D eigenvalue weighted by atomic mass is 32.3. The predicted molar refractivity (Wildman–Crippen MR) is 138 cm³/mol. The summed E-state index contributed by atoms with van der Waals surface area (Å²) in [6.45, 7) is 1.20. The number of aromatic nitrogens is 4. The van der Waals surface area contributed by atoms with E-state index in [4.69, 9.17) is 4.74 Å². The zero-order chi connectivity index (χ0) is 23.8. The van der Waals surface area contributed by atoms with Gasteiger partial charge in [-0.25, -0.2) is 20.0 Å². The van der Waals surface area contributed by atoms with Crippen LogP contribution in [0.15, 0.2) is 61.3 Å². The molecule has 0 unspecified atom stereocenters. The minimum atomic E-state index is -0.604. The third-order valence-electron chi connectivity index (χ3n) is 6.51. The summed E-state index contributed by atoms with van der Waals surface area (Å²) in [6, 6.07) is 15.0. The van der Waals surface area contributed by atoms with Crippen molar-refractivity contribution in [2.24, 2.45) is 0 Å². The molecule has 6 nitrogen and oxygen atoms in total. The van der Waals surface area contributed by atoms with Gasteiger partial charge in [-0.1, -0.05) is 24.3 Å². The lowest BCUT2D eigenvalue weighted by molar-refractivity contribution is 0.0923. The van der Waals surface area contributed by atoms with E-state index in [1.165, 1.54) is 11.1 Å². The lowest BCUT2D eigenvalue weighted by Crippen LogP contribution is -2.25. The number of fused-ring (bicyclic) bond motifs is 2. The van der Waals surface area contributed by atoms with Crippen molar-refractivity contribution in [3.8, 4) is 17.3 Å². The predicted octanol–water partition coefficient (Wildman–Crippen LogP) is 4.72. The Kier molecular flexibility index (Phi) is 5.88. The number of nitrogens with zero attached hydrogens (tertiary/aromatic N) is 5. The van der Waals surface area contributed by atoms with Gasteiger partial charge >= 0.3 is 0 Å². The van der Waals surface area contributed by atoms with E-state index in [1.54, 1.807) is 6.33 Å². The fraction of sp³-hybridized carbons (Fsp3) is 0.333. The highest BCUT2D eigenvalue weighted by Gasteiger charge is 2.39. The van der Waals surface area contributed by atoms with E-state index in [0.717, 1.165) is 40.2 Å². The van der Waals surface area contributed by atoms with Crippen molar-refractivity contribution in [3.05, 3.63) is 78.0 Å². The smallest absolute Gasteiger partial charge is 0.145 e. The van der Waals surface area contributed by atoms with E-state index < -0.39 is 15.4 Å². The van der Waals surface area contributed by atoms with Crippen LogP contribution in [0.2, 0.25) is 0 Å². The fourth-order valence-electron chi connectivity index (χ4n) is 4.60. The first-order valence-corrected chi connectivity index (χ1v) is 14.4. The van der Waals surface area contributed by atoms with Gasteiger partial charge in [-0.3, -0.25) is 4.98 Å².